The SMILES string of the molecule is C=CC1=CC(N(CC(C)c2ccc(C)cc2CC)CC2CCC2C(C)C=C)=C(C)C(C)CC1. The molecule has 0 aromatic heterocycles. The molecule has 0 radical (unpaired) electrons. The third-order valence-electron chi connectivity index (χ3n) is 8.62. The maximum Gasteiger partial charge on any atom is 0.0361 e. The van der Waals surface area contributed by atoms with Crippen molar-refractivity contribution in [1.82, 2.24) is 4.90 Å². The highest BCUT2D eigenvalue weighted by molar-refractivity contribution is 5.37. The van der Waals surface area contributed by atoms with Crippen molar-refractivity contribution in [3.63, 3.8) is 0 Å². The van der Waals surface area contributed by atoms with E-state index in [4.69, 9.17) is 0 Å². The zero-order valence-corrected chi connectivity index (χ0v) is 22.2. The first-order valence-corrected chi connectivity index (χ1v) is 13.3. The van der Waals surface area contributed by atoms with E-state index in [0.717, 1.165) is 37.8 Å². The smallest absolute Gasteiger partial charge is 0.0361 e. The van der Waals surface area contributed by atoms with E-state index in [1.807, 2.05) is 0 Å². The highest BCUT2D eigenvalue weighted by Gasteiger charge is 2.36. The minimum atomic E-state index is 0.496. The Morgan fingerprint density at radius 2 is 1.88 bits per heavy atom. The molecule has 1 saturated carbocycles. The molecule has 0 aliphatic heterocycles. The lowest BCUT2D eigenvalue weighted by Gasteiger charge is -2.44. The monoisotopic (exact) mass is 445 g/mol. The van der Waals surface area contributed by atoms with Gasteiger partial charge in [0.15, 0.2) is 0 Å². The van der Waals surface area contributed by atoms with Gasteiger partial charge >= 0.3 is 0 Å². The molecule has 2 aliphatic carbocycles. The number of aryl methyl sites for hydroxylation is 2. The fraction of sp³-hybridized carbons (Fsp3) is 0.562. The van der Waals surface area contributed by atoms with Gasteiger partial charge < -0.3 is 4.90 Å². The Bertz CT molecular complexity index is 901. The summed E-state index contributed by atoms with van der Waals surface area (Å²) in [6, 6.07) is 7.06. The molecule has 33 heavy (non-hydrogen) atoms. The predicted octanol–water partition coefficient (Wildman–Crippen LogP) is 8.63. The molecule has 0 N–H and O–H groups in total. The molecule has 0 heterocycles. The largest absolute Gasteiger partial charge is 0.371 e. The van der Waals surface area contributed by atoms with Crippen LogP contribution in [0.15, 0.2) is 66.4 Å². The van der Waals surface area contributed by atoms with Crippen LogP contribution < -0.4 is 0 Å². The fourth-order valence-corrected chi connectivity index (χ4v) is 5.91. The lowest BCUT2D eigenvalue weighted by molar-refractivity contribution is 0.0963. The first-order valence-electron chi connectivity index (χ1n) is 13.3. The summed E-state index contributed by atoms with van der Waals surface area (Å²) in [7, 11) is 0. The van der Waals surface area contributed by atoms with Crippen LogP contribution in [-0.4, -0.2) is 18.0 Å². The molecule has 3 rings (SSSR count). The van der Waals surface area contributed by atoms with Gasteiger partial charge in [-0.2, -0.15) is 0 Å². The van der Waals surface area contributed by atoms with Crippen molar-refractivity contribution in [3.8, 4) is 0 Å². The van der Waals surface area contributed by atoms with Crippen molar-refractivity contribution in [3.05, 3.63) is 83.1 Å². The van der Waals surface area contributed by atoms with E-state index in [1.54, 1.807) is 5.57 Å². The van der Waals surface area contributed by atoms with Crippen molar-refractivity contribution >= 4 is 0 Å². The normalized spacial score (nSPS) is 24.9. The molecule has 0 spiro atoms. The molecule has 180 valence electrons. The average Bonchev–Trinajstić information content (AvgIpc) is 2.93. The van der Waals surface area contributed by atoms with Crippen molar-refractivity contribution in [1.29, 1.82) is 0 Å². The molecule has 0 saturated heterocycles. The molecule has 5 atom stereocenters. The zero-order chi connectivity index (χ0) is 24.1. The minimum absolute atomic E-state index is 0.496. The van der Waals surface area contributed by atoms with Crippen LogP contribution in [0.3, 0.4) is 0 Å². The van der Waals surface area contributed by atoms with E-state index in [-0.39, 0.29) is 0 Å². The van der Waals surface area contributed by atoms with Crippen molar-refractivity contribution < 1.29 is 0 Å². The maximum atomic E-state index is 4.12. The van der Waals surface area contributed by atoms with Crippen molar-refractivity contribution in [2.24, 2.45) is 23.7 Å². The Morgan fingerprint density at radius 3 is 2.48 bits per heavy atom. The summed E-state index contributed by atoms with van der Waals surface area (Å²) >= 11 is 0. The number of hydrogen-bond donors (Lipinski definition) is 0. The Hall–Kier alpha value is -2.02. The van der Waals surface area contributed by atoms with Crippen molar-refractivity contribution in [2.45, 2.75) is 79.6 Å². The highest BCUT2D eigenvalue weighted by atomic mass is 15.1. The number of allylic oxidation sites excluding steroid dienone is 5. The van der Waals surface area contributed by atoms with Gasteiger partial charge in [-0.3, -0.25) is 0 Å². The van der Waals surface area contributed by atoms with Crippen LogP contribution in [0.25, 0.3) is 0 Å². The molecule has 2 aliphatic rings. The van der Waals surface area contributed by atoms with E-state index in [2.05, 4.69) is 96.0 Å². The zero-order valence-electron chi connectivity index (χ0n) is 22.2. The van der Waals surface area contributed by atoms with Gasteiger partial charge in [0, 0.05) is 18.8 Å². The summed E-state index contributed by atoms with van der Waals surface area (Å²) in [6.45, 7) is 24.5. The number of nitrogens with zero attached hydrogens (tertiary/aromatic N) is 1. The standard InChI is InChI=1S/C32H47N/c1-9-23(5)30-17-15-29(30)21-33(32-19-27(10-2)14-13-24(6)26(32)8)20-25(7)31-16-12-22(4)18-28(31)11-3/h9-10,12,16,18-19,23-25,29-30H,1-2,11,13-15,17,20-21H2,3-8H3. The molecule has 1 aromatic rings. The van der Waals surface area contributed by atoms with Crippen molar-refractivity contribution in [2.75, 3.05) is 13.1 Å². The second-order valence-corrected chi connectivity index (χ2v) is 10.9. The van der Waals surface area contributed by atoms with E-state index >= 15 is 0 Å². The van der Waals surface area contributed by atoms with E-state index in [0.29, 0.717) is 17.8 Å². The lowest BCUT2D eigenvalue weighted by Crippen LogP contribution is -2.41. The molecular formula is C32H47N. The lowest BCUT2D eigenvalue weighted by atomic mass is 9.67. The van der Waals surface area contributed by atoms with Crippen LogP contribution in [0, 0.1) is 30.6 Å². The van der Waals surface area contributed by atoms with Gasteiger partial charge in [-0.05, 0) is 104 Å². The van der Waals surface area contributed by atoms with Crippen LogP contribution >= 0.6 is 0 Å². The summed E-state index contributed by atoms with van der Waals surface area (Å²) in [5.41, 5.74) is 8.79. The second-order valence-electron chi connectivity index (χ2n) is 10.9. The van der Waals surface area contributed by atoms with Crippen LogP contribution in [-0.2, 0) is 6.42 Å². The molecule has 1 aromatic carbocycles. The third-order valence-corrected chi connectivity index (χ3v) is 8.62. The Labute approximate surface area is 204 Å². The van der Waals surface area contributed by atoms with E-state index in [1.165, 1.54) is 47.2 Å². The highest BCUT2D eigenvalue weighted by Crippen LogP contribution is 2.42. The Kier molecular flexibility index (Phi) is 8.85. The summed E-state index contributed by atoms with van der Waals surface area (Å²) in [4.78, 5) is 2.75. The van der Waals surface area contributed by atoms with Gasteiger partial charge in [0.25, 0.3) is 0 Å². The third kappa shape index (κ3) is 5.92. The summed E-state index contributed by atoms with van der Waals surface area (Å²) in [5.74, 6) is 3.25. The molecule has 0 amide bonds. The van der Waals surface area contributed by atoms with Crippen LogP contribution in [0.2, 0.25) is 0 Å². The van der Waals surface area contributed by atoms with Gasteiger partial charge in [-0.1, -0.05) is 70.2 Å². The Balaban J connectivity index is 1.95. The van der Waals surface area contributed by atoms with E-state index < -0.39 is 0 Å². The number of hydrogen-bond acceptors (Lipinski definition) is 1. The second kappa shape index (κ2) is 11.4. The van der Waals surface area contributed by atoms with Gasteiger partial charge in [0.1, 0.15) is 0 Å². The average molecular weight is 446 g/mol. The Morgan fingerprint density at radius 1 is 1.12 bits per heavy atom. The molecule has 0 bridgehead atoms. The quantitative estimate of drug-likeness (QED) is 0.326. The predicted molar refractivity (Wildman–Crippen MR) is 145 cm³/mol. The topological polar surface area (TPSA) is 3.24 Å². The fourth-order valence-electron chi connectivity index (χ4n) is 5.91. The van der Waals surface area contributed by atoms with Gasteiger partial charge in [0.2, 0.25) is 0 Å². The van der Waals surface area contributed by atoms with Gasteiger partial charge in [-0.15, -0.1) is 6.58 Å². The van der Waals surface area contributed by atoms with Gasteiger partial charge in [-0.25, -0.2) is 0 Å². The van der Waals surface area contributed by atoms with E-state index in [9.17, 15) is 0 Å². The van der Waals surface area contributed by atoms with Crippen LogP contribution in [0.5, 0.6) is 0 Å². The number of benzene rings is 1. The van der Waals surface area contributed by atoms with Gasteiger partial charge in [0.05, 0.1) is 0 Å². The minimum Gasteiger partial charge on any atom is -0.371 e. The first kappa shape index (κ1) is 25.6. The summed E-state index contributed by atoms with van der Waals surface area (Å²) < 4.78 is 0. The molecular weight excluding hydrogens is 398 g/mol. The summed E-state index contributed by atoms with van der Waals surface area (Å²) in [6.07, 6.45) is 12.8. The van der Waals surface area contributed by atoms with Crippen LogP contribution in [0.4, 0.5) is 0 Å². The number of rotatable bonds is 10. The molecule has 1 fully saturated rings. The first-order chi connectivity index (χ1) is 15.8. The summed E-state index contributed by atoms with van der Waals surface area (Å²) in [5, 5.41) is 0. The maximum absolute atomic E-state index is 4.12. The molecule has 1 heteroatoms. The van der Waals surface area contributed by atoms with Crippen LogP contribution in [0.1, 0.15) is 82.9 Å². The molecule has 5 unspecified atom stereocenters. The molecule has 1 nitrogen and oxygen atoms in total.